The highest BCUT2D eigenvalue weighted by atomic mass is 16.4. The van der Waals surface area contributed by atoms with E-state index in [-0.39, 0.29) is 18.7 Å². The lowest BCUT2D eigenvalue weighted by atomic mass is 9.98. The second kappa shape index (κ2) is 7.33. The summed E-state index contributed by atoms with van der Waals surface area (Å²) >= 11 is 0. The molecule has 104 valence electrons. The number of piperidine rings is 1. The fourth-order valence-electron chi connectivity index (χ4n) is 2.23. The van der Waals surface area contributed by atoms with Gasteiger partial charge in [-0.2, -0.15) is 0 Å². The number of carboxylic acid groups (broad SMARTS) is 1. The molecule has 1 heterocycles. The van der Waals surface area contributed by atoms with Crippen LogP contribution in [-0.2, 0) is 9.59 Å². The van der Waals surface area contributed by atoms with E-state index in [0.29, 0.717) is 12.5 Å². The SMILES string of the molecule is CN1CCCC(CNC(=O)C(N)CCC(=O)O)C1. The monoisotopic (exact) mass is 257 g/mol. The summed E-state index contributed by atoms with van der Waals surface area (Å²) in [6, 6.07) is -0.720. The molecule has 2 unspecified atom stereocenters. The Hall–Kier alpha value is -1.14. The quantitative estimate of drug-likeness (QED) is 0.604. The van der Waals surface area contributed by atoms with Crippen LogP contribution in [0.15, 0.2) is 0 Å². The summed E-state index contributed by atoms with van der Waals surface area (Å²) in [7, 11) is 2.08. The van der Waals surface area contributed by atoms with Crippen molar-refractivity contribution in [3.05, 3.63) is 0 Å². The van der Waals surface area contributed by atoms with Crippen molar-refractivity contribution in [3.63, 3.8) is 0 Å². The minimum absolute atomic E-state index is 0.0687. The number of likely N-dealkylation sites (tertiary alicyclic amines) is 1. The highest BCUT2D eigenvalue weighted by Gasteiger charge is 2.20. The molecule has 0 radical (unpaired) electrons. The third-order valence-corrected chi connectivity index (χ3v) is 3.29. The molecule has 1 amide bonds. The molecule has 6 heteroatoms. The Morgan fingerprint density at radius 3 is 2.89 bits per heavy atom. The Morgan fingerprint density at radius 1 is 1.56 bits per heavy atom. The van der Waals surface area contributed by atoms with Crippen molar-refractivity contribution in [1.82, 2.24) is 10.2 Å². The number of carbonyl (C=O) groups excluding carboxylic acids is 1. The highest BCUT2D eigenvalue weighted by molar-refractivity contribution is 5.82. The fraction of sp³-hybridized carbons (Fsp3) is 0.833. The summed E-state index contributed by atoms with van der Waals surface area (Å²) in [5.74, 6) is -0.698. The zero-order valence-corrected chi connectivity index (χ0v) is 10.9. The Morgan fingerprint density at radius 2 is 2.28 bits per heavy atom. The van der Waals surface area contributed by atoms with E-state index in [9.17, 15) is 9.59 Å². The van der Waals surface area contributed by atoms with E-state index in [4.69, 9.17) is 10.8 Å². The summed E-state index contributed by atoms with van der Waals surface area (Å²) in [5, 5.41) is 11.3. The van der Waals surface area contributed by atoms with Gasteiger partial charge in [0.2, 0.25) is 5.91 Å². The van der Waals surface area contributed by atoms with Gasteiger partial charge in [-0.3, -0.25) is 9.59 Å². The van der Waals surface area contributed by atoms with Crippen molar-refractivity contribution >= 4 is 11.9 Å². The molecule has 0 bridgehead atoms. The third-order valence-electron chi connectivity index (χ3n) is 3.29. The first-order valence-corrected chi connectivity index (χ1v) is 6.42. The summed E-state index contributed by atoms with van der Waals surface area (Å²) < 4.78 is 0. The molecule has 1 aliphatic heterocycles. The maximum absolute atomic E-state index is 11.6. The van der Waals surface area contributed by atoms with Crippen LogP contribution in [0.3, 0.4) is 0 Å². The maximum Gasteiger partial charge on any atom is 0.303 e. The molecule has 0 saturated carbocycles. The molecule has 18 heavy (non-hydrogen) atoms. The molecule has 0 aromatic carbocycles. The number of aliphatic carboxylic acids is 1. The van der Waals surface area contributed by atoms with Gasteiger partial charge >= 0.3 is 5.97 Å². The number of amides is 1. The first-order chi connectivity index (χ1) is 8.49. The van der Waals surface area contributed by atoms with Crippen LogP contribution in [0, 0.1) is 5.92 Å². The number of carbonyl (C=O) groups is 2. The molecule has 4 N–H and O–H groups in total. The lowest BCUT2D eigenvalue weighted by Crippen LogP contribution is -2.45. The molecule has 1 saturated heterocycles. The maximum atomic E-state index is 11.6. The average Bonchev–Trinajstić information content (AvgIpc) is 2.33. The summed E-state index contributed by atoms with van der Waals surface area (Å²) in [6.07, 6.45) is 2.39. The Bertz CT molecular complexity index is 296. The van der Waals surface area contributed by atoms with Crippen molar-refractivity contribution in [3.8, 4) is 0 Å². The van der Waals surface area contributed by atoms with E-state index in [1.165, 1.54) is 0 Å². The predicted molar refractivity (Wildman–Crippen MR) is 68.1 cm³/mol. The van der Waals surface area contributed by atoms with Gasteiger partial charge in [0.1, 0.15) is 0 Å². The van der Waals surface area contributed by atoms with Crippen molar-refractivity contribution in [2.24, 2.45) is 11.7 Å². The smallest absolute Gasteiger partial charge is 0.303 e. The van der Waals surface area contributed by atoms with Crippen LogP contribution in [0.25, 0.3) is 0 Å². The zero-order valence-electron chi connectivity index (χ0n) is 10.9. The highest BCUT2D eigenvalue weighted by Crippen LogP contribution is 2.13. The summed E-state index contributed by atoms with van der Waals surface area (Å²) in [4.78, 5) is 24.3. The minimum atomic E-state index is -0.924. The number of nitrogens with zero attached hydrogens (tertiary/aromatic N) is 1. The van der Waals surface area contributed by atoms with Crippen LogP contribution in [-0.4, -0.2) is 54.6 Å². The second-order valence-electron chi connectivity index (χ2n) is 5.05. The largest absolute Gasteiger partial charge is 0.481 e. The number of carboxylic acids is 1. The van der Waals surface area contributed by atoms with Crippen LogP contribution >= 0.6 is 0 Å². The van der Waals surface area contributed by atoms with Gasteiger partial charge in [-0.1, -0.05) is 0 Å². The Balaban J connectivity index is 2.21. The molecule has 0 aromatic heterocycles. The van der Waals surface area contributed by atoms with Gasteiger partial charge in [-0.05, 0) is 38.8 Å². The van der Waals surface area contributed by atoms with Crippen LogP contribution < -0.4 is 11.1 Å². The topological polar surface area (TPSA) is 95.7 Å². The van der Waals surface area contributed by atoms with Crippen molar-refractivity contribution < 1.29 is 14.7 Å². The van der Waals surface area contributed by atoms with Crippen molar-refractivity contribution in [2.45, 2.75) is 31.7 Å². The van der Waals surface area contributed by atoms with Crippen molar-refractivity contribution in [1.29, 1.82) is 0 Å². The molecule has 2 atom stereocenters. The molecule has 0 spiro atoms. The first-order valence-electron chi connectivity index (χ1n) is 6.42. The van der Waals surface area contributed by atoms with Gasteiger partial charge in [0.25, 0.3) is 0 Å². The predicted octanol–water partition coefficient (Wildman–Crippen LogP) is -0.363. The molecular formula is C12H23N3O3. The van der Waals surface area contributed by atoms with Crippen LogP contribution in [0.5, 0.6) is 0 Å². The van der Waals surface area contributed by atoms with Gasteiger partial charge in [0.05, 0.1) is 6.04 Å². The van der Waals surface area contributed by atoms with E-state index >= 15 is 0 Å². The molecule has 6 nitrogen and oxygen atoms in total. The molecule has 1 fully saturated rings. The third kappa shape index (κ3) is 5.46. The normalized spacial score (nSPS) is 22.4. The van der Waals surface area contributed by atoms with E-state index in [0.717, 1.165) is 25.9 Å². The van der Waals surface area contributed by atoms with Crippen LogP contribution in [0.4, 0.5) is 0 Å². The summed E-state index contributed by atoms with van der Waals surface area (Å²) in [6.45, 7) is 2.73. The molecule has 0 aromatic rings. The standard InChI is InChI=1S/C12H23N3O3/c1-15-6-2-3-9(8-15)7-14-12(18)10(13)4-5-11(16)17/h9-10H,2-8,13H2,1H3,(H,14,18)(H,16,17). The van der Waals surface area contributed by atoms with Gasteiger partial charge in [0, 0.05) is 19.5 Å². The Kier molecular flexibility index (Phi) is 6.07. The summed E-state index contributed by atoms with van der Waals surface area (Å²) in [5.41, 5.74) is 5.62. The molecule has 1 aliphatic rings. The average molecular weight is 257 g/mol. The number of hydrogen-bond acceptors (Lipinski definition) is 4. The number of nitrogens with one attached hydrogen (secondary N) is 1. The van der Waals surface area contributed by atoms with E-state index < -0.39 is 12.0 Å². The van der Waals surface area contributed by atoms with Crippen LogP contribution in [0.2, 0.25) is 0 Å². The van der Waals surface area contributed by atoms with Crippen LogP contribution in [0.1, 0.15) is 25.7 Å². The lowest BCUT2D eigenvalue weighted by Gasteiger charge is -2.29. The van der Waals surface area contributed by atoms with Gasteiger partial charge in [-0.25, -0.2) is 0 Å². The second-order valence-corrected chi connectivity index (χ2v) is 5.05. The zero-order chi connectivity index (χ0) is 13.5. The minimum Gasteiger partial charge on any atom is -0.481 e. The fourth-order valence-corrected chi connectivity index (χ4v) is 2.23. The number of hydrogen-bond donors (Lipinski definition) is 3. The number of nitrogens with two attached hydrogens (primary N) is 1. The Labute approximate surface area is 108 Å². The first kappa shape index (κ1) is 14.9. The van der Waals surface area contributed by atoms with E-state index in [2.05, 4.69) is 17.3 Å². The lowest BCUT2D eigenvalue weighted by molar-refractivity contribution is -0.137. The van der Waals surface area contributed by atoms with Gasteiger partial charge in [-0.15, -0.1) is 0 Å². The molecule has 1 rings (SSSR count). The molecular weight excluding hydrogens is 234 g/mol. The van der Waals surface area contributed by atoms with Crippen molar-refractivity contribution in [2.75, 3.05) is 26.7 Å². The molecule has 0 aliphatic carbocycles. The van der Waals surface area contributed by atoms with E-state index in [1.54, 1.807) is 0 Å². The number of rotatable bonds is 6. The van der Waals surface area contributed by atoms with Gasteiger partial charge < -0.3 is 21.1 Å². The van der Waals surface area contributed by atoms with E-state index in [1.807, 2.05) is 0 Å². The van der Waals surface area contributed by atoms with Gasteiger partial charge in [0.15, 0.2) is 0 Å².